The smallest absolute Gasteiger partial charge is 0.298 e. The standard InChI is InChI=1S/C23H17Cl2N3O2.C22H16Cl2N4O2/c1-14-2-7-19-18(12-14)20(21(29)23(30)27-17-8-10-26-11-9-17)22(25)28(19)13-15-3-5-16(24)6-4-15;1-13-2-7-17-16(10-13)19(20(29)22(30)27-18-8-9-25-12-26-18)21(24)28(17)11-14-3-5-15(23)6-4-14/h2-12H,13H2,1H3,(H,26,27,30);2-10,12H,11H2,1H3,(H,25,26,27,30). The molecule has 0 atom stereocenters. The first-order chi connectivity index (χ1) is 28.9. The highest BCUT2D eigenvalue weighted by atomic mass is 35.5. The lowest BCUT2D eigenvalue weighted by Crippen LogP contribution is -2.23. The quantitative estimate of drug-likeness (QED) is 0.103. The van der Waals surface area contributed by atoms with Crippen molar-refractivity contribution in [3.05, 3.63) is 182 Å². The Morgan fingerprint density at radius 3 is 1.45 bits per heavy atom. The van der Waals surface area contributed by atoms with Gasteiger partial charge in [0.15, 0.2) is 0 Å². The van der Waals surface area contributed by atoms with Gasteiger partial charge in [0.25, 0.3) is 23.4 Å². The molecule has 0 saturated carbocycles. The van der Waals surface area contributed by atoms with E-state index in [-0.39, 0.29) is 27.3 Å². The first-order valence-electron chi connectivity index (χ1n) is 18.3. The van der Waals surface area contributed by atoms with Crippen molar-refractivity contribution in [1.29, 1.82) is 0 Å². The third-order valence-electron chi connectivity index (χ3n) is 9.45. The molecule has 0 fully saturated rings. The average molecular weight is 878 g/mol. The Kier molecular flexibility index (Phi) is 12.7. The van der Waals surface area contributed by atoms with Crippen LogP contribution in [0.15, 0.2) is 128 Å². The van der Waals surface area contributed by atoms with E-state index in [9.17, 15) is 19.2 Å². The van der Waals surface area contributed by atoms with E-state index < -0.39 is 23.4 Å². The normalized spacial score (nSPS) is 10.9. The van der Waals surface area contributed by atoms with Gasteiger partial charge in [0.05, 0.1) is 22.2 Å². The Bertz CT molecular complexity index is 2700. The zero-order valence-corrected chi connectivity index (χ0v) is 34.9. The van der Waals surface area contributed by atoms with Crippen LogP contribution in [-0.4, -0.2) is 47.5 Å². The van der Waals surface area contributed by atoms with Crippen LogP contribution in [0.1, 0.15) is 43.0 Å². The molecule has 8 rings (SSSR count). The summed E-state index contributed by atoms with van der Waals surface area (Å²) < 4.78 is 3.64. The second kappa shape index (κ2) is 18.3. The maximum atomic E-state index is 13.1. The number of aryl methyl sites for hydroxylation is 2. The minimum Gasteiger partial charge on any atom is -0.327 e. The molecule has 0 radical (unpaired) electrons. The van der Waals surface area contributed by atoms with E-state index in [1.54, 1.807) is 36.4 Å². The number of nitrogens with one attached hydrogen (secondary N) is 2. The van der Waals surface area contributed by atoms with Gasteiger partial charge in [-0.15, -0.1) is 0 Å². The van der Waals surface area contributed by atoms with Gasteiger partial charge in [0.2, 0.25) is 0 Å². The number of carbonyl (C=O) groups excluding carboxylic acids is 4. The van der Waals surface area contributed by atoms with Gasteiger partial charge in [-0.1, -0.05) is 93.9 Å². The zero-order chi connectivity index (χ0) is 42.5. The Labute approximate surface area is 363 Å². The van der Waals surface area contributed by atoms with Gasteiger partial charge in [-0.25, -0.2) is 9.97 Å². The Balaban J connectivity index is 0.000000181. The second-order valence-electron chi connectivity index (χ2n) is 13.7. The fourth-order valence-electron chi connectivity index (χ4n) is 6.55. The number of aromatic nitrogens is 5. The van der Waals surface area contributed by atoms with E-state index in [1.807, 2.05) is 83.6 Å². The summed E-state index contributed by atoms with van der Waals surface area (Å²) in [5.41, 5.74) is 6.23. The number of anilines is 2. The third-order valence-corrected chi connectivity index (χ3v) is 10.7. The molecule has 60 heavy (non-hydrogen) atoms. The SMILES string of the molecule is Cc1ccc2c(c1)c(C(=O)C(=O)Nc1ccncc1)c(Cl)n2Cc1ccc(Cl)cc1.Cc1ccc2c(c1)c(C(=O)C(=O)Nc1ccncn1)c(Cl)n2Cc1ccc(Cl)cc1. The Hall–Kier alpha value is -6.37. The van der Waals surface area contributed by atoms with Gasteiger partial charge >= 0.3 is 0 Å². The highest BCUT2D eigenvalue weighted by molar-refractivity contribution is 6.52. The number of carbonyl (C=O) groups is 4. The van der Waals surface area contributed by atoms with Crippen LogP contribution in [0.3, 0.4) is 0 Å². The summed E-state index contributed by atoms with van der Waals surface area (Å²) >= 11 is 25.2. The molecular weight excluding hydrogens is 844 g/mol. The lowest BCUT2D eigenvalue weighted by Gasteiger charge is -2.08. The Morgan fingerprint density at radius 1 is 0.550 bits per heavy atom. The lowest BCUT2D eigenvalue weighted by atomic mass is 10.1. The van der Waals surface area contributed by atoms with Crippen molar-refractivity contribution in [2.45, 2.75) is 26.9 Å². The van der Waals surface area contributed by atoms with Gasteiger partial charge in [0, 0.05) is 58.2 Å². The number of benzene rings is 4. The molecule has 11 nitrogen and oxygen atoms in total. The predicted molar refractivity (Wildman–Crippen MR) is 237 cm³/mol. The van der Waals surface area contributed by atoms with Crippen LogP contribution in [0.5, 0.6) is 0 Å². The van der Waals surface area contributed by atoms with Crippen LogP contribution in [-0.2, 0) is 22.7 Å². The third kappa shape index (κ3) is 9.25. The summed E-state index contributed by atoms with van der Waals surface area (Å²) in [5.74, 6) is -2.76. The summed E-state index contributed by atoms with van der Waals surface area (Å²) in [6.07, 6.45) is 5.83. The van der Waals surface area contributed by atoms with E-state index >= 15 is 0 Å². The first kappa shape index (κ1) is 41.8. The number of fused-ring (bicyclic) bond motifs is 2. The molecule has 0 aliphatic carbocycles. The molecule has 0 aliphatic heterocycles. The van der Waals surface area contributed by atoms with Crippen LogP contribution in [0, 0.1) is 13.8 Å². The molecule has 0 bridgehead atoms. The minimum atomic E-state index is -0.817. The average Bonchev–Trinajstić information content (AvgIpc) is 3.66. The second-order valence-corrected chi connectivity index (χ2v) is 15.3. The number of amides is 2. The topological polar surface area (TPSA) is 141 Å². The van der Waals surface area contributed by atoms with E-state index in [0.717, 1.165) is 33.3 Å². The molecule has 0 spiro atoms. The van der Waals surface area contributed by atoms with Crippen LogP contribution in [0.4, 0.5) is 11.5 Å². The van der Waals surface area contributed by atoms with Gasteiger partial charge in [-0.05, 0) is 91.7 Å². The predicted octanol–water partition coefficient (Wildman–Crippen LogP) is 10.4. The van der Waals surface area contributed by atoms with Crippen molar-refractivity contribution < 1.29 is 19.2 Å². The summed E-state index contributed by atoms with van der Waals surface area (Å²) in [7, 11) is 0. The summed E-state index contributed by atoms with van der Waals surface area (Å²) in [6.45, 7) is 4.71. The van der Waals surface area contributed by atoms with Crippen molar-refractivity contribution in [2.24, 2.45) is 0 Å². The molecule has 2 N–H and O–H groups in total. The van der Waals surface area contributed by atoms with Crippen LogP contribution < -0.4 is 10.6 Å². The molecule has 0 unspecified atom stereocenters. The van der Waals surface area contributed by atoms with Gasteiger partial charge in [-0.3, -0.25) is 24.2 Å². The largest absolute Gasteiger partial charge is 0.327 e. The number of hydrogen-bond acceptors (Lipinski definition) is 7. The highest BCUT2D eigenvalue weighted by Gasteiger charge is 2.28. The van der Waals surface area contributed by atoms with Crippen molar-refractivity contribution >= 4 is 103 Å². The number of pyridine rings is 1. The monoisotopic (exact) mass is 875 g/mol. The van der Waals surface area contributed by atoms with E-state index in [0.29, 0.717) is 39.6 Å². The molecule has 0 saturated heterocycles. The van der Waals surface area contributed by atoms with Crippen molar-refractivity contribution in [2.75, 3.05) is 10.6 Å². The number of Topliss-reactive ketones (excluding diaryl/α,β-unsaturated/α-hetero) is 2. The van der Waals surface area contributed by atoms with E-state index in [1.165, 1.54) is 31.0 Å². The van der Waals surface area contributed by atoms with Crippen molar-refractivity contribution in [3.63, 3.8) is 0 Å². The van der Waals surface area contributed by atoms with Crippen LogP contribution in [0.2, 0.25) is 20.4 Å². The van der Waals surface area contributed by atoms with Gasteiger partial charge in [0.1, 0.15) is 22.5 Å². The molecule has 15 heteroatoms. The number of nitrogens with zero attached hydrogens (tertiary/aromatic N) is 5. The molecule has 2 amide bonds. The first-order valence-corrected chi connectivity index (χ1v) is 19.8. The molecule has 0 aliphatic rings. The van der Waals surface area contributed by atoms with Gasteiger partial charge < -0.3 is 19.8 Å². The van der Waals surface area contributed by atoms with Crippen molar-refractivity contribution in [1.82, 2.24) is 24.1 Å². The molecule has 4 aromatic heterocycles. The fraction of sp³-hybridized carbons (Fsp3) is 0.0889. The number of halogens is 4. The molecular formula is C45H33Cl4N7O4. The lowest BCUT2D eigenvalue weighted by molar-refractivity contribution is -0.113. The molecule has 8 aromatic rings. The zero-order valence-electron chi connectivity index (χ0n) is 31.9. The molecule has 4 aromatic carbocycles. The fourth-order valence-corrected chi connectivity index (χ4v) is 7.48. The van der Waals surface area contributed by atoms with Crippen LogP contribution in [0.25, 0.3) is 21.8 Å². The summed E-state index contributed by atoms with van der Waals surface area (Å²) in [5, 5.41) is 8.05. The minimum absolute atomic E-state index is 0.163. The number of ketones is 2. The maximum Gasteiger partial charge on any atom is 0.298 e. The molecule has 300 valence electrons. The number of rotatable bonds is 10. The van der Waals surface area contributed by atoms with E-state index in [2.05, 4.69) is 25.6 Å². The van der Waals surface area contributed by atoms with Crippen molar-refractivity contribution in [3.8, 4) is 0 Å². The Morgan fingerprint density at radius 2 is 1.00 bits per heavy atom. The maximum absolute atomic E-state index is 13.1. The van der Waals surface area contributed by atoms with Gasteiger partial charge in [-0.2, -0.15) is 0 Å². The molecule has 4 heterocycles. The highest BCUT2D eigenvalue weighted by Crippen LogP contribution is 2.34. The number of hydrogen-bond donors (Lipinski definition) is 2. The summed E-state index contributed by atoms with van der Waals surface area (Å²) in [6, 6.07) is 30.9. The summed E-state index contributed by atoms with van der Waals surface area (Å²) in [4.78, 5) is 62.9. The van der Waals surface area contributed by atoms with Crippen LogP contribution >= 0.6 is 46.4 Å². The van der Waals surface area contributed by atoms with E-state index in [4.69, 9.17) is 46.4 Å².